The van der Waals surface area contributed by atoms with Gasteiger partial charge in [0.1, 0.15) is 5.76 Å². The van der Waals surface area contributed by atoms with Crippen LogP contribution in [0, 0.1) is 6.92 Å². The van der Waals surface area contributed by atoms with Crippen molar-refractivity contribution in [2.45, 2.75) is 20.0 Å². The van der Waals surface area contributed by atoms with E-state index in [1.165, 1.54) is 0 Å². The first-order chi connectivity index (χ1) is 11.4. The molecule has 0 aliphatic heterocycles. The number of para-hydroxylation sites is 1. The van der Waals surface area contributed by atoms with Gasteiger partial charge < -0.3 is 14.8 Å². The van der Waals surface area contributed by atoms with Crippen LogP contribution in [0.5, 0.6) is 0 Å². The lowest BCUT2D eigenvalue weighted by atomic mass is 10.1. The summed E-state index contributed by atoms with van der Waals surface area (Å²) in [4.78, 5) is 12.6. The van der Waals surface area contributed by atoms with Gasteiger partial charge in [0.05, 0.1) is 27.4 Å². The van der Waals surface area contributed by atoms with Crippen LogP contribution < -0.4 is 5.32 Å². The first kappa shape index (κ1) is 16.8. The van der Waals surface area contributed by atoms with Gasteiger partial charge in [-0.1, -0.05) is 41.4 Å². The zero-order valence-corrected chi connectivity index (χ0v) is 14.6. The summed E-state index contributed by atoms with van der Waals surface area (Å²) < 4.78 is 5.75. The van der Waals surface area contributed by atoms with E-state index in [2.05, 4.69) is 5.32 Å². The molecule has 124 valence electrons. The lowest BCUT2D eigenvalue weighted by Crippen LogP contribution is -2.13. The van der Waals surface area contributed by atoms with Crippen LogP contribution in [0.1, 0.15) is 34.7 Å². The average molecular weight is 364 g/mol. The van der Waals surface area contributed by atoms with Crippen LogP contribution in [0.15, 0.2) is 40.8 Å². The molecular weight excluding hydrogens is 349 g/mol. The molecule has 0 fully saturated rings. The van der Waals surface area contributed by atoms with E-state index in [0.29, 0.717) is 22.6 Å². The number of hydrogen-bond donors (Lipinski definition) is 2. The number of furan rings is 1. The number of carbonyl (C=O) groups is 1. The predicted molar refractivity (Wildman–Crippen MR) is 96.0 cm³/mol. The quantitative estimate of drug-likeness (QED) is 0.658. The number of carbonyl (C=O) groups excluding carboxylic acids is 1. The second kappa shape index (κ2) is 6.48. The molecule has 0 saturated carbocycles. The maximum Gasteiger partial charge on any atom is 0.258 e. The van der Waals surface area contributed by atoms with Crippen molar-refractivity contribution in [1.29, 1.82) is 0 Å². The molecule has 1 aromatic heterocycles. The van der Waals surface area contributed by atoms with Gasteiger partial charge in [0.15, 0.2) is 5.58 Å². The van der Waals surface area contributed by atoms with E-state index in [4.69, 9.17) is 27.6 Å². The van der Waals surface area contributed by atoms with Crippen LogP contribution in [0.2, 0.25) is 10.0 Å². The molecule has 1 heterocycles. The number of aliphatic hydroxyl groups excluding tert-OH is 1. The van der Waals surface area contributed by atoms with Gasteiger partial charge in [-0.15, -0.1) is 0 Å². The molecule has 4 nitrogen and oxygen atoms in total. The Kier molecular flexibility index (Phi) is 4.54. The summed E-state index contributed by atoms with van der Waals surface area (Å²) in [6.45, 7) is 3.45. The van der Waals surface area contributed by atoms with Crippen molar-refractivity contribution < 1.29 is 14.3 Å². The largest absolute Gasteiger partial charge is 0.459 e. The normalized spacial score (nSPS) is 12.4. The second-order valence-electron chi connectivity index (χ2n) is 5.48. The Balaban J connectivity index is 2.05. The second-order valence-corrected chi connectivity index (χ2v) is 6.30. The molecule has 0 saturated heterocycles. The van der Waals surface area contributed by atoms with Crippen molar-refractivity contribution in [2.75, 3.05) is 5.32 Å². The van der Waals surface area contributed by atoms with E-state index in [9.17, 15) is 9.90 Å². The number of aryl methyl sites for hydroxylation is 1. The van der Waals surface area contributed by atoms with Crippen LogP contribution >= 0.6 is 23.2 Å². The highest BCUT2D eigenvalue weighted by Crippen LogP contribution is 2.35. The number of halogens is 2. The van der Waals surface area contributed by atoms with Gasteiger partial charge in [-0.2, -0.15) is 0 Å². The summed E-state index contributed by atoms with van der Waals surface area (Å²) in [5.74, 6) is 0.184. The van der Waals surface area contributed by atoms with E-state index in [1.807, 2.05) is 6.07 Å². The molecule has 6 heteroatoms. The monoisotopic (exact) mass is 363 g/mol. The van der Waals surface area contributed by atoms with Crippen molar-refractivity contribution in [3.05, 3.63) is 63.3 Å². The summed E-state index contributed by atoms with van der Waals surface area (Å²) >= 11 is 12.2. The molecule has 0 radical (unpaired) electrons. The van der Waals surface area contributed by atoms with Gasteiger partial charge in [0.2, 0.25) is 0 Å². The number of anilines is 1. The molecule has 0 bridgehead atoms. The van der Waals surface area contributed by atoms with Crippen molar-refractivity contribution in [2.24, 2.45) is 0 Å². The highest BCUT2D eigenvalue weighted by atomic mass is 35.5. The van der Waals surface area contributed by atoms with Crippen molar-refractivity contribution in [3.63, 3.8) is 0 Å². The van der Waals surface area contributed by atoms with Crippen molar-refractivity contribution in [3.8, 4) is 0 Å². The molecule has 1 atom stereocenters. The molecule has 0 aliphatic rings. The maximum atomic E-state index is 12.6. The topological polar surface area (TPSA) is 62.5 Å². The Hall–Kier alpha value is -2.01. The van der Waals surface area contributed by atoms with E-state index >= 15 is 0 Å². The minimum atomic E-state index is -0.671. The number of aliphatic hydroxyl groups is 1. The molecule has 0 spiro atoms. The lowest BCUT2D eigenvalue weighted by molar-refractivity contribution is 0.102. The molecule has 2 N–H and O–H groups in total. The minimum Gasteiger partial charge on any atom is -0.459 e. The van der Waals surface area contributed by atoms with Crippen molar-refractivity contribution >= 4 is 45.8 Å². The highest BCUT2D eigenvalue weighted by Gasteiger charge is 2.20. The number of fused-ring (bicyclic) bond motifs is 1. The van der Waals surface area contributed by atoms with Gasteiger partial charge in [-0.25, -0.2) is 0 Å². The van der Waals surface area contributed by atoms with E-state index in [0.717, 1.165) is 5.39 Å². The summed E-state index contributed by atoms with van der Waals surface area (Å²) in [7, 11) is 0. The summed E-state index contributed by atoms with van der Waals surface area (Å²) in [5, 5.41) is 14.0. The lowest BCUT2D eigenvalue weighted by Gasteiger charge is -2.09. The van der Waals surface area contributed by atoms with E-state index in [-0.39, 0.29) is 15.6 Å². The van der Waals surface area contributed by atoms with Gasteiger partial charge in [-0.3, -0.25) is 4.79 Å². The SMILES string of the molecule is Cc1oc2c(NC(=O)c3c(Cl)cccc3Cl)cccc2c1C(C)O. The fourth-order valence-corrected chi connectivity index (χ4v) is 3.34. The van der Waals surface area contributed by atoms with Gasteiger partial charge >= 0.3 is 0 Å². The number of rotatable bonds is 3. The fourth-order valence-electron chi connectivity index (χ4n) is 2.77. The Morgan fingerprint density at radius 1 is 1.17 bits per heavy atom. The number of amides is 1. The minimum absolute atomic E-state index is 0.205. The van der Waals surface area contributed by atoms with Gasteiger partial charge in [-0.05, 0) is 32.0 Å². The first-order valence-electron chi connectivity index (χ1n) is 7.35. The third-order valence-electron chi connectivity index (χ3n) is 3.80. The molecular formula is C18H15Cl2NO3. The smallest absolute Gasteiger partial charge is 0.258 e. The van der Waals surface area contributed by atoms with Crippen LogP contribution in [0.4, 0.5) is 5.69 Å². The first-order valence-corrected chi connectivity index (χ1v) is 8.11. The summed E-state index contributed by atoms with van der Waals surface area (Å²) in [6, 6.07) is 10.2. The standard InChI is InChI=1S/C18H15Cl2NO3/c1-9(22)15-10(2)24-17-11(15)5-3-8-14(17)21-18(23)16-12(19)6-4-7-13(16)20/h3-9,22H,1-2H3,(H,21,23). The van der Waals surface area contributed by atoms with Crippen molar-refractivity contribution in [1.82, 2.24) is 0 Å². The zero-order chi connectivity index (χ0) is 17.4. The van der Waals surface area contributed by atoms with Crippen LogP contribution in [-0.2, 0) is 0 Å². The maximum absolute atomic E-state index is 12.6. The molecule has 3 aromatic rings. The van der Waals surface area contributed by atoms with Crippen LogP contribution in [-0.4, -0.2) is 11.0 Å². The van der Waals surface area contributed by atoms with Crippen LogP contribution in [0.3, 0.4) is 0 Å². The number of benzene rings is 2. The molecule has 1 unspecified atom stereocenters. The average Bonchev–Trinajstić information content (AvgIpc) is 2.84. The Morgan fingerprint density at radius 3 is 2.42 bits per heavy atom. The van der Waals surface area contributed by atoms with E-state index < -0.39 is 12.0 Å². The summed E-state index contributed by atoms with van der Waals surface area (Å²) in [5.41, 5.74) is 1.90. The Morgan fingerprint density at radius 2 is 1.79 bits per heavy atom. The Bertz CT molecular complexity index is 911. The molecule has 3 rings (SSSR count). The summed E-state index contributed by atoms with van der Waals surface area (Å²) in [6.07, 6.45) is -0.671. The number of nitrogens with one attached hydrogen (secondary N) is 1. The highest BCUT2D eigenvalue weighted by molar-refractivity contribution is 6.40. The van der Waals surface area contributed by atoms with Gasteiger partial charge in [0, 0.05) is 10.9 Å². The third kappa shape index (κ3) is 2.88. The third-order valence-corrected chi connectivity index (χ3v) is 4.43. The Labute approximate surface area is 149 Å². The number of hydrogen-bond acceptors (Lipinski definition) is 3. The van der Waals surface area contributed by atoms with Crippen LogP contribution in [0.25, 0.3) is 11.0 Å². The van der Waals surface area contributed by atoms with E-state index in [1.54, 1.807) is 44.2 Å². The zero-order valence-electron chi connectivity index (χ0n) is 13.1. The molecule has 0 aliphatic carbocycles. The molecule has 24 heavy (non-hydrogen) atoms. The molecule has 2 aromatic carbocycles. The fraction of sp³-hybridized carbons (Fsp3) is 0.167. The van der Waals surface area contributed by atoms with Gasteiger partial charge in [0.25, 0.3) is 5.91 Å². The molecule has 1 amide bonds. The predicted octanol–water partition coefficient (Wildman–Crippen LogP) is 5.35.